The summed E-state index contributed by atoms with van der Waals surface area (Å²) >= 11 is 13.0. The zero-order valence-electron chi connectivity index (χ0n) is 29.0. The molecular formula is C43H32Cl2N4O4. The van der Waals surface area contributed by atoms with Crippen molar-refractivity contribution in [3.63, 3.8) is 0 Å². The van der Waals surface area contributed by atoms with E-state index in [2.05, 4.69) is 10.6 Å². The van der Waals surface area contributed by atoms with E-state index in [1.54, 1.807) is 43.3 Å². The van der Waals surface area contributed by atoms with Crippen LogP contribution in [0.3, 0.4) is 0 Å². The summed E-state index contributed by atoms with van der Waals surface area (Å²) in [5.74, 6) is 0.327. The number of nitrogens with one attached hydrogen (secondary N) is 2. The molecule has 1 aliphatic heterocycles. The average Bonchev–Trinajstić information content (AvgIpc) is 3.15. The Morgan fingerprint density at radius 2 is 1.30 bits per heavy atom. The number of aromatic nitrogens is 2. The first kappa shape index (κ1) is 34.1. The highest BCUT2D eigenvalue weighted by atomic mass is 35.5. The first-order chi connectivity index (χ1) is 25.6. The van der Waals surface area contributed by atoms with E-state index >= 15 is 0 Å². The summed E-state index contributed by atoms with van der Waals surface area (Å²) < 4.78 is 6.79. The maximum absolute atomic E-state index is 14.1. The molecule has 0 atom stereocenters. The van der Waals surface area contributed by atoms with Crippen LogP contribution in [0.25, 0.3) is 55.2 Å². The maximum atomic E-state index is 14.1. The van der Waals surface area contributed by atoms with E-state index in [9.17, 15) is 14.7 Å². The lowest BCUT2D eigenvalue weighted by Gasteiger charge is -2.22. The molecule has 0 spiro atoms. The zero-order valence-corrected chi connectivity index (χ0v) is 30.5. The molecule has 0 saturated carbocycles. The number of phenolic OH excluding ortho intramolecular Hbond substituents is 1. The number of carbonyl (C=O) groups excluding carboxylic acids is 1. The van der Waals surface area contributed by atoms with Gasteiger partial charge in [-0.3, -0.25) is 19.6 Å². The number of pyridine rings is 2. The Labute approximate surface area is 314 Å². The number of aryl methyl sites for hydroxylation is 3. The molecular weight excluding hydrogens is 707 g/mol. The van der Waals surface area contributed by atoms with E-state index in [-0.39, 0.29) is 24.3 Å². The number of benzene rings is 5. The second-order valence-corrected chi connectivity index (χ2v) is 13.9. The Morgan fingerprint density at radius 3 is 1.92 bits per heavy atom. The van der Waals surface area contributed by atoms with Gasteiger partial charge in [-0.2, -0.15) is 0 Å². The highest BCUT2D eigenvalue weighted by Gasteiger charge is 2.27. The number of hydrogen-bond acceptors (Lipinski definition) is 8. The van der Waals surface area contributed by atoms with Gasteiger partial charge >= 0.3 is 0 Å². The third-order valence-electron chi connectivity index (χ3n) is 9.65. The summed E-state index contributed by atoms with van der Waals surface area (Å²) in [5, 5.41) is 21.7. The van der Waals surface area contributed by atoms with Gasteiger partial charge in [0.15, 0.2) is 11.7 Å². The van der Waals surface area contributed by atoms with Crippen molar-refractivity contribution in [1.29, 1.82) is 0 Å². The summed E-state index contributed by atoms with van der Waals surface area (Å²) in [6.45, 7) is 5.83. The van der Waals surface area contributed by atoms with Gasteiger partial charge in [0.25, 0.3) is 0 Å². The highest BCUT2D eigenvalue weighted by Crippen LogP contribution is 2.45. The highest BCUT2D eigenvalue weighted by molar-refractivity contribution is 6.36. The van der Waals surface area contributed by atoms with Crippen LogP contribution in [0.1, 0.15) is 38.4 Å². The van der Waals surface area contributed by atoms with Crippen molar-refractivity contribution >= 4 is 73.6 Å². The molecule has 3 N–H and O–H groups in total. The summed E-state index contributed by atoms with van der Waals surface area (Å²) in [6.07, 6.45) is 0.818. The molecule has 1 aliphatic carbocycles. The first-order valence-corrected chi connectivity index (χ1v) is 17.8. The third-order valence-corrected chi connectivity index (χ3v) is 10.3. The van der Waals surface area contributed by atoms with Gasteiger partial charge < -0.3 is 20.2 Å². The molecule has 6 aromatic rings. The van der Waals surface area contributed by atoms with Gasteiger partial charge in [-0.05, 0) is 98.6 Å². The molecule has 2 aromatic heterocycles. The number of halogens is 2. The topological polar surface area (TPSA) is 117 Å². The number of aromatic hydroxyl groups is 1. The Hall–Kier alpha value is -5.96. The van der Waals surface area contributed by atoms with Crippen LogP contribution in [0.15, 0.2) is 100 Å². The van der Waals surface area contributed by atoms with Crippen molar-refractivity contribution in [2.75, 3.05) is 10.6 Å². The van der Waals surface area contributed by atoms with E-state index in [4.69, 9.17) is 37.6 Å². The zero-order chi connectivity index (χ0) is 37.0. The first-order valence-electron chi connectivity index (χ1n) is 17.0. The fourth-order valence-electron chi connectivity index (χ4n) is 6.99. The summed E-state index contributed by atoms with van der Waals surface area (Å²) in [4.78, 5) is 36.0. The summed E-state index contributed by atoms with van der Waals surface area (Å²) in [5.41, 5.74) is 8.49. The number of hydrogen-bond donors (Lipinski definition) is 3. The minimum Gasteiger partial charge on any atom is -0.507 e. The second-order valence-electron chi connectivity index (χ2n) is 13.1. The SMILES string of the molecule is Cc1ccc2c(Cl)ccc(NCc3c4oc5c(CNc6ccc(Cl)c7ccc(C)nc67)c(O)ccc5c(-c5ccccc5C=O)c-4cc(C)c3=O)c2n1. The van der Waals surface area contributed by atoms with Crippen LogP contribution in [0.5, 0.6) is 5.75 Å². The molecule has 0 amide bonds. The quantitative estimate of drug-likeness (QED) is 0.104. The average molecular weight is 740 g/mol. The Balaban J connectivity index is 1.34. The van der Waals surface area contributed by atoms with Crippen molar-refractivity contribution in [3.8, 4) is 28.2 Å². The van der Waals surface area contributed by atoms with Gasteiger partial charge in [0, 0.05) is 57.3 Å². The fourth-order valence-corrected chi connectivity index (χ4v) is 7.42. The number of carbonyl (C=O) groups is 1. The summed E-state index contributed by atoms with van der Waals surface area (Å²) in [7, 11) is 0. The summed E-state index contributed by atoms with van der Waals surface area (Å²) in [6, 6.07) is 27.5. The number of rotatable bonds is 8. The van der Waals surface area contributed by atoms with Gasteiger partial charge in [-0.15, -0.1) is 0 Å². The van der Waals surface area contributed by atoms with Gasteiger partial charge in [0.1, 0.15) is 17.1 Å². The van der Waals surface area contributed by atoms with E-state index in [1.807, 2.05) is 68.4 Å². The van der Waals surface area contributed by atoms with E-state index in [1.165, 1.54) is 0 Å². The Bertz CT molecular complexity index is 2820. The van der Waals surface area contributed by atoms with Crippen molar-refractivity contribution in [3.05, 3.63) is 145 Å². The largest absolute Gasteiger partial charge is 0.507 e. The van der Waals surface area contributed by atoms with Gasteiger partial charge in [0.05, 0.1) is 43.6 Å². The molecule has 0 saturated heterocycles. The number of nitrogens with zero attached hydrogens (tertiary/aromatic N) is 2. The molecule has 3 heterocycles. The van der Waals surface area contributed by atoms with E-state index in [0.717, 1.165) is 34.1 Å². The second kappa shape index (κ2) is 13.5. The lowest BCUT2D eigenvalue weighted by Crippen LogP contribution is -2.18. The van der Waals surface area contributed by atoms with Gasteiger partial charge in [-0.25, -0.2) is 0 Å². The molecule has 0 radical (unpaired) electrons. The minimum absolute atomic E-state index is 0.00616. The predicted octanol–water partition coefficient (Wildman–Crippen LogP) is 10.6. The molecule has 8 nitrogen and oxygen atoms in total. The Kier molecular flexibility index (Phi) is 8.73. The molecule has 8 rings (SSSR count). The smallest absolute Gasteiger partial charge is 0.190 e. The van der Waals surface area contributed by atoms with Crippen molar-refractivity contribution < 1.29 is 14.3 Å². The number of aldehydes is 1. The number of anilines is 2. The maximum Gasteiger partial charge on any atom is 0.190 e. The molecule has 0 fully saturated rings. The number of phenols is 1. The molecule has 10 heteroatoms. The molecule has 0 bridgehead atoms. The molecule has 4 aromatic carbocycles. The standard InChI is InChI=1S/C43H32Cl2N4O4/c1-22-18-30-38(26-7-5-4-6-25(26)21-50)29-12-17-37(51)31(19-46-35-15-13-33(44)27-10-8-23(2)48-39(27)35)42(29)53-43(30)32(41(22)52)20-47-36-16-14-34(45)28-11-9-24(3)49-40(28)36/h4-18,21,46-47,51H,19-20H2,1-3H3. The normalized spacial score (nSPS) is 11.5. The molecule has 2 aliphatic rings. The van der Waals surface area contributed by atoms with Crippen molar-refractivity contribution in [1.82, 2.24) is 9.97 Å². The van der Waals surface area contributed by atoms with Crippen molar-refractivity contribution in [2.24, 2.45) is 0 Å². The van der Waals surface area contributed by atoms with E-state index in [0.29, 0.717) is 82.4 Å². The van der Waals surface area contributed by atoms with Crippen LogP contribution in [0.2, 0.25) is 10.0 Å². The van der Waals surface area contributed by atoms with Crippen LogP contribution in [0, 0.1) is 20.8 Å². The van der Waals surface area contributed by atoms with Gasteiger partial charge in [-0.1, -0.05) is 47.5 Å². The number of fused-ring (bicyclic) bond motifs is 4. The van der Waals surface area contributed by atoms with Crippen molar-refractivity contribution in [2.45, 2.75) is 33.9 Å². The molecule has 0 unspecified atom stereocenters. The molecule has 53 heavy (non-hydrogen) atoms. The Morgan fingerprint density at radius 1 is 0.717 bits per heavy atom. The minimum atomic E-state index is -0.195. The predicted molar refractivity (Wildman–Crippen MR) is 214 cm³/mol. The van der Waals surface area contributed by atoms with E-state index < -0.39 is 0 Å². The van der Waals surface area contributed by atoms with Crippen LogP contribution in [0.4, 0.5) is 11.4 Å². The lowest BCUT2D eigenvalue weighted by molar-refractivity contribution is 0.112. The van der Waals surface area contributed by atoms with Crippen LogP contribution >= 0.6 is 23.2 Å². The monoisotopic (exact) mass is 738 g/mol. The van der Waals surface area contributed by atoms with Crippen LogP contribution in [-0.4, -0.2) is 21.4 Å². The van der Waals surface area contributed by atoms with Gasteiger partial charge in [0.2, 0.25) is 0 Å². The molecule has 262 valence electrons. The third kappa shape index (κ3) is 6.00. The van der Waals surface area contributed by atoms with Crippen LogP contribution < -0.4 is 16.1 Å². The van der Waals surface area contributed by atoms with Crippen LogP contribution in [-0.2, 0) is 13.1 Å². The fraction of sp³-hybridized carbons (Fsp3) is 0.116. The lowest BCUT2D eigenvalue weighted by atomic mass is 9.87.